The van der Waals surface area contributed by atoms with Crippen LogP contribution in [0.2, 0.25) is 0 Å². The zero-order chi connectivity index (χ0) is 10.2. The van der Waals surface area contributed by atoms with Gasteiger partial charge in [0.2, 0.25) is 0 Å². The van der Waals surface area contributed by atoms with E-state index < -0.39 is 0 Å². The van der Waals surface area contributed by atoms with E-state index in [1.54, 1.807) is 0 Å². The number of benzene rings is 1. The predicted molar refractivity (Wildman–Crippen MR) is 62.2 cm³/mol. The number of rotatable bonds is 2. The van der Waals surface area contributed by atoms with Gasteiger partial charge in [-0.3, -0.25) is 0 Å². The highest BCUT2D eigenvalue weighted by atomic mass is 14.4. The standard InChI is InChI=1S/C14H18/c1-11-6-4-5-7-13(11)10-12(2)14(3)8-9-14/h4-7,10H,8-9H2,1-3H3/b12-10+. The first-order valence-corrected chi connectivity index (χ1v) is 5.36. The van der Waals surface area contributed by atoms with Crippen LogP contribution in [0.1, 0.15) is 37.8 Å². The van der Waals surface area contributed by atoms with E-state index in [-0.39, 0.29) is 0 Å². The van der Waals surface area contributed by atoms with Crippen molar-refractivity contribution in [1.29, 1.82) is 0 Å². The second-order valence-corrected chi connectivity index (χ2v) is 4.74. The maximum absolute atomic E-state index is 2.36. The zero-order valence-electron chi connectivity index (χ0n) is 9.30. The molecule has 0 heterocycles. The molecule has 1 fully saturated rings. The van der Waals surface area contributed by atoms with E-state index in [2.05, 4.69) is 51.1 Å². The highest BCUT2D eigenvalue weighted by Crippen LogP contribution is 2.51. The zero-order valence-corrected chi connectivity index (χ0v) is 9.30. The molecule has 1 saturated carbocycles. The van der Waals surface area contributed by atoms with Gasteiger partial charge in [-0.2, -0.15) is 0 Å². The van der Waals surface area contributed by atoms with Crippen molar-refractivity contribution in [3.05, 3.63) is 41.0 Å². The predicted octanol–water partition coefficient (Wildman–Crippen LogP) is 4.20. The fourth-order valence-corrected chi connectivity index (χ4v) is 1.74. The summed E-state index contributed by atoms with van der Waals surface area (Å²) in [5.41, 5.74) is 4.79. The average molecular weight is 186 g/mol. The number of aryl methyl sites for hydroxylation is 1. The lowest BCUT2D eigenvalue weighted by atomic mass is 9.96. The molecule has 0 aliphatic heterocycles. The van der Waals surface area contributed by atoms with Crippen molar-refractivity contribution in [2.24, 2.45) is 5.41 Å². The molecule has 0 spiro atoms. The Hall–Kier alpha value is -1.04. The quantitative estimate of drug-likeness (QED) is 0.649. The Kier molecular flexibility index (Phi) is 2.22. The van der Waals surface area contributed by atoms with Gasteiger partial charge in [0.1, 0.15) is 0 Å². The van der Waals surface area contributed by atoms with Crippen molar-refractivity contribution < 1.29 is 0 Å². The summed E-state index contributed by atoms with van der Waals surface area (Å²) in [6.45, 7) is 6.80. The lowest BCUT2D eigenvalue weighted by molar-refractivity contribution is 0.695. The molecule has 0 amide bonds. The molecular weight excluding hydrogens is 168 g/mol. The van der Waals surface area contributed by atoms with Gasteiger partial charge in [-0.1, -0.05) is 42.8 Å². The number of allylic oxidation sites excluding steroid dienone is 1. The van der Waals surface area contributed by atoms with Gasteiger partial charge < -0.3 is 0 Å². The molecular formula is C14H18. The Balaban J connectivity index is 2.29. The Morgan fingerprint density at radius 2 is 1.93 bits per heavy atom. The third-order valence-corrected chi connectivity index (χ3v) is 3.51. The van der Waals surface area contributed by atoms with Crippen LogP contribution < -0.4 is 0 Å². The summed E-state index contributed by atoms with van der Waals surface area (Å²) in [5.74, 6) is 0. The van der Waals surface area contributed by atoms with Gasteiger partial charge in [0, 0.05) is 0 Å². The summed E-state index contributed by atoms with van der Waals surface area (Å²) >= 11 is 0. The van der Waals surface area contributed by atoms with E-state index in [1.165, 1.54) is 29.5 Å². The molecule has 0 aromatic heterocycles. The maximum Gasteiger partial charge on any atom is -0.0115 e. The van der Waals surface area contributed by atoms with Crippen LogP contribution in [0.5, 0.6) is 0 Å². The van der Waals surface area contributed by atoms with E-state index in [1.807, 2.05) is 0 Å². The van der Waals surface area contributed by atoms with Crippen LogP contribution >= 0.6 is 0 Å². The van der Waals surface area contributed by atoms with Crippen LogP contribution in [-0.4, -0.2) is 0 Å². The van der Waals surface area contributed by atoms with E-state index >= 15 is 0 Å². The molecule has 14 heavy (non-hydrogen) atoms. The normalized spacial score (nSPS) is 19.5. The molecule has 0 bridgehead atoms. The molecule has 2 rings (SSSR count). The summed E-state index contributed by atoms with van der Waals surface area (Å²) in [7, 11) is 0. The van der Waals surface area contributed by atoms with Gasteiger partial charge >= 0.3 is 0 Å². The van der Waals surface area contributed by atoms with Crippen LogP contribution in [-0.2, 0) is 0 Å². The molecule has 0 unspecified atom stereocenters. The topological polar surface area (TPSA) is 0 Å². The molecule has 1 aliphatic rings. The molecule has 0 heteroatoms. The first-order chi connectivity index (χ1) is 6.62. The van der Waals surface area contributed by atoms with Crippen LogP contribution in [0.15, 0.2) is 29.8 Å². The molecule has 0 atom stereocenters. The largest absolute Gasteiger partial charge is 0.0668 e. The summed E-state index contributed by atoms with van der Waals surface area (Å²) in [6.07, 6.45) is 5.07. The molecule has 74 valence electrons. The highest BCUT2D eigenvalue weighted by Gasteiger charge is 2.38. The van der Waals surface area contributed by atoms with Gasteiger partial charge in [0.05, 0.1) is 0 Å². The minimum absolute atomic E-state index is 0.516. The van der Waals surface area contributed by atoms with E-state index in [0.717, 1.165) is 0 Å². The Labute approximate surface area is 86.7 Å². The van der Waals surface area contributed by atoms with Crippen molar-refractivity contribution in [1.82, 2.24) is 0 Å². The second-order valence-electron chi connectivity index (χ2n) is 4.74. The first kappa shape index (κ1) is 9.51. The van der Waals surface area contributed by atoms with Gasteiger partial charge in [-0.25, -0.2) is 0 Å². The summed E-state index contributed by atoms with van der Waals surface area (Å²) in [4.78, 5) is 0. The molecule has 0 saturated heterocycles. The molecule has 1 aromatic carbocycles. The first-order valence-electron chi connectivity index (χ1n) is 5.36. The van der Waals surface area contributed by atoms with Crippen LogP contribution in [0.3, 0.4) is 0 Å². The molecule has 1 aliphatic carbocycles. The third kappa shape index (κ3) is 1.75. The minimum atomic E-state index is 0.516. The van der Waals surface area contributed by atoms with E-state index in [0.29, 0.717) is 5.41 Å². The highest BCUT2D eigenvalue weighted by molar-refractivity contribution is 5.57. The summed E-state index contributed by atoms with van der Waals surface area (Å²) in [5, 5.41) is 0. The fraction of sp³-hybridized carbons (Fsp3) is 0.429. The summed E-state index contributed by atoms with van der Waals surface area (Å²) in [6, 6.07) is 8.58. The van der Waals surface area contributed by atoms with Crippen molar-refractivity contribution in [2.75, 3.05) is 0 Å². The van der Waals surface area contributed by atoms with E-state index in [9.17, 15) is 0 Å². The van der Waals surface area contributed by atoms with Gasteiger partial charge in [-0.05, 0) is 43.2 Å². The lowest BCUT2D eigenvalue weighted by Gasteiger charge is -2.09. The average Bonchev–Trinajstić information content (AvgIpc) is 2.89. The Morgan fingerprint density at radius 1 is 1.29 bits per heavy atom. The smallest absolute Gasteiger partial charge is 0.0115 e. The number of hydrogen-bond donors (Lipinski definition) is 0. The van der Waals surface area contributed by atoms with Crippen molar-refractivity contribution in [3.8, 4) is 0 Å². The Bertz CT molecular complexity index is 367. The van der Waals surface area contributed by atoms with Gasteiger partial charge in [0.15, 0.2) is 0 Å². The molecule has 1 aromatic rings. The molecule has 0 nitrogen and oxygen atoms in total. The summed E-state index contributed by atoms with van der Waals surface area (Å²) < 4.78 is 0. The Morgan fingerprint density at radius 3 is 2.50 bits per heavy atom. The maximum atomic E-state index is 2.36. The van der Waals surface area contributed by atoms with Gasteiger partial charge in [0.25, 0.3) is 0 Å². The third-order valence-electron chi connectivity index (χ3n) is 3.51. The SMILES string of the molecule is C/C(=C\c1ccccc1C)C1(C)CC1. The van der Waals surface area contributed by atoms with Crippen LogP contribution in [0.4, 0.5) is 0 Å². The van der Waals surface area contributed by atoms with Crippen molar-refractivity contribution in [3.63, 3.8) is 0 Å². The fourth-order valence-electron chi connectivity index (χ4n) is 1.74. The minimum Gasteiger partial charge on any atom is -0.0668 e. The van der Waals surface area contributed by atoms with Crippen molar-refractivity contribution in [2.45, 2.75) is 33.6 Å². The van der Waals surface area contributed by atoms with E-state index in [4.69, 9.17) is 0 Å². The monoisotopic (exact) mass is 186 g/mol. The lowest BCUT2D eigenvalue weighted by Crippen LogP contribution is -1.94. The van der Waals surface area contributed by atoms with Crippen LogP contribution in [0.25, 0.3) is 6.08 Å². The van der Waals surface area contributed by atoms with Crippen LogP contribution in [0, 0.1) is 12.3 Å². The molecule has 0 N–H and O–H groups in total. The molecule has 0 radical (unpaired) electrons. The number of hydrogen-bond acceptors (Lipinski definition) is 0. The second kappa shape index (κ2) is 3.27. The van der Waals surface area contributed by atoms with Crippen molar-refractivity contribution >= 4 is 6.08 Å². The van der Waals surface area contributed by atoms with Gasteiger partial charge in [-0.15, -0.1) is 0 Å².